The van der Waals surface area contributed by atoms with E-state index in [9.17, 15) is 4.79 Å². The molecule has 1 amide bonds. The molecule has 0 saturated carbocycles. The van der Waals surface area contributed by atoms with Gasteiger partial charge in [0.1, 0.15) is 0 Å². The minimum Gasteiger partial charge on any atom is -0.454 e. The predicted molar refractivity (Wildman–Crippen MR) is 103 cm³/mol. The molecule has 6 heteroatoms. The summed E-state index contributed by atoms with van der Waals surface area (Å²) in [5.41, 5.74) is 1.95. The molecule has 5 nitrogen and oxygen atoms in total. The molecule has 0 aromatic heterocycles. The van der Waals surface area contributed by atoms with Crippen LogP contribution in [0, 0.1) is 0 Å². The Labute approximate surface area is 161 Å². The molecule has 26 heavy (non-hydrogen) atoms. The van der Waals surface area contributed by atoms with Crippen molar-refractivity contribution in [2.45, 2.75) is 13.0 Å². The molecule has 0 radical (unpaired) electrons. The molecule has 0 unspecified atom stereocenters. The third kappa shape index (κ3) is 3.86. The SMILES string of the molecule is O=C(c1ccc2c(c1)OCO2)N1CCCN(Cc2cccc(Br)c2)CC1. The van der Waals surface area contributed by atoms with Gasteiger partial charge >= 0.3 is 0 Å². The van der Waals surface area contributed by atoms with Crippen LogP contribution in [0.2, 0.25) is 0 Å². The van der Waals surface area contributed by atoms with E-state index in [1.165, 1.54) is 5.56 Å². The van der Waals surface area contributed by atoms with Crippen LogP contribution in [0.15, 0.2) is 46.9 Å². The smallest absolute Gasteiger partial charge is 0.254 e. The number of hydrogen-bond acceptors (Lipinski definition) is 4. The van der Waals surface area contributed by atoms with Crippen molar-refractivity contribution in [3.05, 3.63) is 58.1 Å². The predicted octanol–water partition coefficient (Wildman–Crippen LogP) is 3.53. The van der Waals surface area contributed by atoms with E-state index in [1.807, 2.05) is 23.1 Å². The molecule has 0 bridgehead atoms. The fraction of sp³-hybridized carbons (Fsp3) is 0.350. The number of nitrogens with zero attached hydrogens (tertiary/aromatic N) is 2. The summed E-state index contributed by atoms with van der Waals surface area (Å²) < 4.78 is 11.8. The first-order valence-corrected chi connectivity index (χ1v) is 9.64. The fourth-order valence-electron chi connectivity index (χ4n) is 3.44. The Hall–Kier alpha value is -2.05. The summed E-state index contributed by atoms with van der Waals surface area (Å²) in [6, 6.07) is 13.8. The van der Waals surface area contributed by atoms with Crippen molar-refractivity contribution in [2.24, 2.45) is 0 Å². The maximum atomic E-state index is 12.9. The minimum atomic E-state index is 0.0626. The van der Waals surface area contributed by atoms with Crippen LogP contribution in [-0.4, -0.2) is 48.7 Å². The third-order valence-electron chi connectivity index (χ3n) is 4.79. The average molecular weight is 417 g/mol. The maximum absolute atomic E-state index is 12.9. The molecular formula is C20H21BrN2O3. The van der Waals surface area contributed by atoms with E-state index in [0.29, 0.717) is 17.1 Å². The highest BCUT2D eigenvalue weighted by atomic mass is 79.9. The summed E-state index contributed by atoms with van der Waals surface area (Å²) >= 11 is 3.53. The largest absolute Gasteiger partial charge is 0.454 e. The lowest BCUT2D eigenvalue weighted by molar-refractivity contribution is 0.0760. The summed E-state index contributed by atoms with van der Waals surface area (Å²) in [4.78, 5) is 17.2. The second-order valence-electron chi connectivity index (χ2n) is 6.62. The van der Waals surface area contributed by atoms with Gasteiger partial charge < -0.3 is 14.4 Å². The Balaban J connectivity index is 1.39. The standard InChI is InChI=1S/C20H21BrN2O3/c21-17-4-1-3-15(11-17)13-22-7-2-8-23(10-9-22)20(24)16-5-6-18-19(12-16)26-14-25-18/h1,3-6,11-12H,2,7-10,13-14H2. The Bertz CT molecular complexity index is 811. The minimum absolute atomic E-state index is 0.0626. The number of carbonyl (C=O) groups excluding carboxylic acids is 1. The highest BCUT2D eigenvalue weighted by molar-refractivity contribution is 9.10. The summed E-state index contributed by atoms with van der Waals surface area (Å²) in [5.74, 6) is 1.42. The first-order valence-electron chi connectivity index (χ1n) is 8.85. The lowest BCUT2D eigenvalue weighted by Crippen LogP contribution is -2.35. The zero-order chi connectivity index (χ0) is 17.9. The van der Waals surface area contributed by atoms with Crippen molar-refractivity contribution in [3.8, 4) is 11.5 Å². The van der Waals surface area contributed by atoms with Crippen LogP contribution in [0.4, 0.5) is 0 Å². The molecular weight excluding hydrogens is 396 g/mol. The van der Waals surface area contributed by atoms with Gasteiger partial charge in [-0.15, -0.1) is 0 Å². The van der Waals surface area contributed by atoms with Crippen LogP contribution >= 0.6 is 15.9 Å². The van der Waals surface area contributed by atoms with Gasteiger partial charge in [0.25, 0.3) is 5.91 Å². The van der Waals surface area contributed by atoms with Gasteiger partial charge in [0, 0.05) is 42.8 Å². The topological polar surface area (TPSA) is 42.0 Å². The molecule has 2 aliphatic heterocycles. The van der Waals surface area contributed by atoms with Gasteiger partial charge in [-0.1, -0.05) is 28.1 Å². The lowest BCUT2D eigenvalue weighted by atomic mass is 10.1. The Morgan fingerprint density at radius 2 is 1.88 bits per heavy atom. The Morgan fingerprint density at radius 1 is 1.00 bits per heavy atom. The molecule has 136 valence electrons. The summed E-state index contributed by atoms with van der Waals surface area (Å²) in [5, 5.41) is 0. The second kappa shape index (κ2) is 7.68. The second-order valence-corrected chi connectivity index (χ2v) is 7.54. The quantitative estimate of drug-likeness (QED) is 0.767. The van der Waals surface area contributed by atoms with E-state index in [2.05, 4.69) is 39.0 Å². The maximum Gasteiger partial charge on any atom is 0.254 e. The van der Waals surface area contributed by atoms with E-state index in [1.54, 1.807) is 6.07 Å². The lowest BCUT2D eigenvalue weighted by Gasteiger charge is -2.22. The van der Waals surface area contributed by atoms with Gasteiger partial charge in [-0.3, -0.25) is 9.69 Å². The van der Waals surface area contributed by atoms with Crippen molar-refractivity contribution >= 4 is 21.8 Å². The van der Waals surface area contributed by atoms with Gasteiger partial charge in [0.2, 0.25) is 6.79 Å². The van der Waals surface area contributed by atoms with Crippen molar-refractivity contribution in [2.75, 3.05) is 33.0 Å². The number of fused-ring (bicyclic) bond motifs is 1. The molecule has 2 heterocycles. The van der Waals surface area contributed by atoms with Crippen molar-refractivity contribution in [1.82, 2.24) is 9.80 Å². The van der Waals surface area contributed by atoms with Crippen LogP contribution in [0.25, 0.3) is 0 Å². The highest BCUT2D eigenvalue weighted by Gasteiger charge is 2.22. The summed E-state index contributed by atoms with van der Waals surface area (Å²) in [6.07, 6.45) is 0.976. The third-order valence-corrected chi connectivity index (χ3v) is 5.28. The van der Waals surface area contributed by atoms with Crippen molar-refractivity contribution < 1.29 is 14.3 Å². The van der Waals surface area contributed by atoms with E-state index >= 15 is 0 Å². The number of halogens is 1. The molecule has 2 aliphatic rings. The van der Waals surface area contributed by atoms with Crippen LogP contribution in [-0.2, 0) is 6.54 Å². The van der Waals surface area contributed by atoms with Gasteiger partial charge in [-0.2, -0.15) is 0 Å². The summed E-state index contributed by atoms with van der Waals surface area (Å²) in [6.45, 7) is 4.52. The monoisotopic (exact) mass is 416 g/mol. The molecule has 0 spiro atoms. The molecule has 0 aliphatic carbocycles. The van der Waals surface area contributed by atoms with Crippen LogP contribution in [0.5, 0.6) is 11.5 Å². The Kier molecular flexibility index (Phi) is 5.13. The van der Waals surface area contributed by atoms with Crippen LogP contribution in [0.1, 0.15) is 22.3 Å². The van der Waals surface area contributed by atoms with E-state index in [-0.39, 0.29) is 12.7 Å². The van der Waals surface area contributed by atoms with E-state index < -0.39 is 0 Å². The molecule has 0 N–H and O–H groups in total. The normalized spacial score (nSPS) is 17.2. The van der Waals surface area contributed by atoms with Crippen molar-refractivity contribution in [3.63, 3.8) is 0 Å². The molecule has 2 aromatic rings. The summed E-state index contributed by atoms with van der Waals surface area (Å²) in [7, 11) is 0. The Morgan fingerprint density at radius 3 is 2.77 bits per heavy atom. The number of benzene rings is 2. The fourth-order valence-corrected chi connectivity index (χ4v) is 3.88. The highest BCUT2D eigenvalue weighted by Crippen LogP contribution is 2.32. The van der Waals surface area contributed by atoms with Gasteiger partial charge in [-0.05, 0) is 42.3 Å². The average Bonchev–Trinajstić information content (AvgIpc) is 2.99. The van der Waals surface area contributed by atoms with Gasteiger partial charge in [0.05, 0.1) is 0 Å². The number of hydrogen-bond donors (Lipinski definition) is 0. The van der Waals surface area contributed by atoms with E-state index in [0.717, 1.165) is 43.6 Å². The molecule has 4 rings (SSSR count). The first kappa shape index (κ1) is 17.4. The zero-order valence-corrected chi connectivity index (χ0v) is 16.1. The van der Waals surface area contributed by atoms with Crippen LogP contribution in [0.3, 0.4) is 0 Å². The molecule has 1 saturated heterocycles. The molecule has 1 fully saturated rings. The number of amides is 1. The molecule has 0 atom stereocenters. The van der Waals surface area contributed by atoms with E-state index in [4.69, 9.17) is 9.47 Å². The van der Waals surface area contributed by atoms with Crippen LogP contribution < -0.4 is 9.47 Å². The zero-order valence-electron chi connectivity index (χ0n) is 14.5. The first-order chi connectivity index (χ1) is 12.7. The van der Waals surface area contributed by atoms with Crippen molar-refractivity contribution in [1.29, 1.82) is 0 Å². The number of ether oxygens (including phenoxy) is 2. The van der Waals surface area contributed by atoms with Gasteiger partial charge in [0.15, 0.2) is 11.5 Å². The molecule has 2 aromatic carbocycles. The number of carbonyl (C=O) groups is 1. The number of rotatable bonds is 3. The van der Waals surface area contributed by atoms with Gasteiger partial charge in [-0.25, -0.2) is 0 Å².